The van der Waals surface area contributed by atoms with E-state index in [0.717, 1.165) is 11.5 Å². The first-order valence-electron chi connectivity index (χ1n) is 8.68. The van der Waals surface area contributed by atoms with Gasteiger partial charge in [-0.25, -0.2) is 0 Å². The third-order valence-electron chi connectivity index (χ3n) is 4.07. The summed E-state index contributed by atoms with van der Waals surface area (Å²) in [7, 11) is 3.23. The second-order valence-electron chi connectivity index (χ2n) is 6.08. The van der Waals surface area contributed by atoms with Gasteiger partial charge in [0.1, 0.15) is 18.8 Å². The van der Waals surface area contributed by atoms with E-state index in [-0.39, 0.29) is 12.2 Å². The first-order valence-corrected chi connectivity index (χ1v) is 8.68. The van der Waals surface area contributed by atoms with Crippen LogP contribution in [-0.2, 0) is 0 Å². The number of ether oxygens (including phenoxy) is 5. The Morgan fingerprint density at radius 3 is 2.42 bits per heavy atom. The summed E-state index contributed by atoms with van der Waals surface area (Å²) >= 11 is 0. The van der Waals surface area contributed by atoms with Gasteiger partial charge >= 0.3 is 0 Å². The van der Waals surface area contributed by atoms with Crippen LogP contribution in [-0.4, -0.2) is 46.1 Å². The molecular weight excluding hydrogens is 334 g/mol. The van der Waals surface area contributed by atoms with E-state index in [2.05, 4.69) is 5.32 Å². The van der Waals surface area contributed by atoms with Crippen molar-refractivity contribution >= 4 is 0 Å². The SMILES string of the molecule is COc1cccc(OC)c1O[C@H](C)CNC[C@@H]1COc2ccccc2O1. The fourth-order valence-electron chi connectivity index (χ4n) is 2.79. The minimum atomic E-state index is -0.0722. The van der Waals surface area contributed by atoms with Crippen LogP contribution in [0.15, 0.2) is 42.5 Å². The molecule has 0 saturated heterocycles. The highest BCUT2D eigenvalue weighted by molar-refractivity contribution is 5.51. The van der Waals surface area contributed by atoms with E-state index in [1.54, 1.807) is 14.2 Å². The molecule has 2 aromatic carbocycles. The van der Waals surface area contributed by atoms with Crippen LogP contribution in [0.1, 0.15) is 6.92 Å². The minimum absolute atomic E-state index is 0.0297. The van der Waals surface area contributed by atoms with Crippen molar-refractivity contribution in [1.29, 1.82) is 0 Å². The summed E-state index contributed by atoms with van der Waals surface area (Å²) in [6, 6.07) is 13.3. The summed E-state index contributed by atoms with van der Waals surface area (Å²) in [6.45, 7) is 3.85. The molecule has 6 nitrogen and oxygen atoms in total. The molecule has 2 aromatic rings. The molecule has 26 heavy (non-hydrogen) atoms. The molecule has 1 aliphatic heterocycles. The summed E-state index contributed by atoms with van der Waals surface area (Å²) in [6.07, 6.45) is -0.102. The summed E-state index contributed by atoms with van der Waals surface area (Å²) in [5.74, 6) is 3.49. The maximum absolute atomic E-state index is 6.02. The summed E-state index contributed by atoms with van der Waals surface area (Å²) in [5, 5.41) is 3.37. The van der Waals surface area contributed by atoms with Gasteiger partial charge in [-0.2, -0.15) is 0 Å². The average Bonchev–Trinajstić information content (AvgIpc) is 2.68. The summed E-state index contributed by atoms with van der Waals surface area (Å²) in [4.78, 5) is 0. The minimum Gasteiger partial charge on any atom is -0.493 e. The summed E-state index contributed by atoms with van der Waals surface area (Å²) < 4.78 is 28.4. The predicted octanol–water partition coefficient (Wildman–Crippen LogP) is 2.90. The number of hydrogen-bond donors (Lipinski definition) is 1. The molecule has 0 saturated carbocycles. The Balaban J connectivity index is 1.49. The lowest BCUT2D eigenvalue weighted by atomic mass is 10.2. The van der Waals surface area contributed by atoms with Crippen LogP contribution >= 0.6 is 0 Å². The standard InChI is InChI=1S/C20H25NO5/c1-14(25-20-18(22-2)9-6-10-19(20)23-3)11-21-12-15-13-24-16-7-4-5-8-17(16)26-15/h4-10,14-15,21H,11-13H2,1-3H3/t14-,15-/m1/s1. The zero-order chi connectivity index (χ0) is 18.4. The second kappa shape index (κ2) is 8.67. The van der Waals surface area contributed by atoms with Gasteiger partial charge in [0.25, 0.3) is 0 Å². The molecule has 6 heteroatoms. The second-order valence-corrected chi connectivity index (χ2v) is 6.08. The maximum atomic E-state index is 6.02. The molecule has 3 rings (SSSR count). The third-order valence-corrected chi connectivity index (χ3v) is 4.07. The Morgan fingerprint density at radius 2 is 1.73 bits per heavy atom. The van der Waals surface area contributed by atoms with Crippen LogP contribution in [0.4, 0.5) is 0 Å². The number of methoxy groups -OCH3 is 2. The van der Waals surface area contributed by atoms with Crippen LogP contribution in [0.5, 0.6) is 28.7 Å². The van der Waals surface area contributed by atoms with E-state index >= 15 is 0 Å². The third kappa shape index (κ3) is 4.32. The Hall–Kier alpha value is -2.60. The predicted molar refractivity (Wildman–Crippen MR) is 98.9 cm³/mol. The Morgan fingerprint density at radius 1 is 1.04 bits per heavy atom. The van der Waals surface area contributed by atoms with Crippen LogP contribution in [0.2, 0.25) is 0 Å². The molecule has 0 bridgehead atoms. The molecule has 1 aliphatic rings. The van der Waals surface area contributed by atoms with E-state index in [1.165, 1.54) is 0 Å². The molecule has 0 spiro atoms. The lowest BCUT2D eigenvalue weighted by Crippen LogP contribution is -2.41. The first-order chi connectivity index (χ1) is 12.7. The molecule has 1 N–H and O–H groups in total. The van der Waals surface area contributed by atoms with Crippen molar-refractivity contribution in [2.45, 2.75) is 19.1 Å². The monoisotopic (exact) mass is 359 g/mol. The highest BCUT2D eigenvalue weighted by Crippen LogP contribution is 2.37. The zero-order valence-electron chi connectivity index (χ0n) is 15.4. The lowest BCUT2D eigenvalue weighted by Gasteiger charge is -2.27. The Labute approximate surface area is 154 Å². The van der Waals surface area contributed by atoms with Gasteiger partial charge in [-0.15, -0.1) is 0 Å². The van der Waals surface area contributed by atoms with Crippen molar-refractivity contribution in [1.82, 2.24) is 5.32 Å². The molecule has 140 valence electrons. The number of fused-ring (bicyclic) bond motifs is 1. The number of hydrogen-bond acceptors (Lipinski definition) is 6. The van der Waals surface area contributed by atoms with Crippen molar-refractivity contribution in [2.75, 3.05) is 33.9 Å². The van der Waals surface area contributed by atoms with Gasteiger partial charge in [0.05, 0.1) is 14.2 Å². The molecule has 2 atom stereocenters. The van der Waals surface area contributed by atoms with Crippen LogP contribution in [0.25, 0.3) is 0 Å². The van der Waals surface area contributed by atoms with Crippen molar-refractivity contribution < 1.29 is 23.7 Å². The van der Waals surface area contributed by atoms with Gasteiger partial charge in [0, 0.05) is 13.1 Å². The van der Waals surface area contributed by atoms with Crippen LogP contribution < -0.4 is 29.0 Å². The zero-order valence-corrected chi connectivity index (χ0v) is 15.4. The molecule has 0 fully saturated rings. The topological polar surface area (TPSA) is 58.2 Å². The average molecular weight is 359 g/mol. The fourth-order valence-corrected chi connectivity index (χ4v) is 2.79. The first kappa shape index (κ1) is 18.2. The fraction of sp³-hybridized carbons (Fsp3) is 0.400. The van der Waals surface area contributed by atoms with Crippen molar-refractivity contribution in [3.63, 3.8) is 0 Å². The smallest absolute Gasteiger partial charge is 0.203 e. The number of para-hydroxylation sites is 3. The van der Waals surface area contributed by atoms with Crippen molar-refractivity contribution in [3.8, 4) is 28.7 Å². The lowest BCUT2D eigenvalue weighted by molar-refractivity contribution is 0.0876. The quantitative estimate of drug-likeness (QED) is 0.782. The molecular formula is C20H25NO5. The molecule has 1 heterocycles. The van der Waals surface area contributed by atoms with Crippen molar-refractivity contribution in [3.05, 3.63) is 42.5 Å². The number of nitrogens with one attached hydrogen (secondary N) is 1. The van der Waals surface area contributed by atoms with Gasteiger partial charge in [-0.1, -0.05) is 18.2 Å². The van der Waals surface area contributed by atoms with E-state index in [9.17, 15) is 0 Å². The highest BCUT2D eigenvalue weighted by atomic mass is 16.6. The number of benzene rings is 2. The van der Waals surface area contributed by atoms with Crippen LogP contribution in [0.3, 0.4) is 0 Å². The van der Waals surface area contributed by atoms with Gasteiger partial charge in [-0.3, -0.25) is 0 Å². The molecule has 0 amide bonds. The normalized spacial score (nSPS) is 16.7. The van der Waals surface area contributed by atoms with E-state index in [1.807, 2.05) is 49.4 Å². The maximum Gasteiger partial charge on any atom is 0.203 e. The summed E-state index contributed by atoms with van der Waals surface area (Å²) in [5.41, 5.74) is 0. The Bertz CT molecular complexity index is 699. The van der Waals surface area contributed by atoms with Gasteiger partial charge in [0.15, 0.2) is 23.0 Å². The van der Waals surface area contributed by atoms with E-state index in [0.29, 0.717) is 36.9 Å². The molecule has 0 unspecified atom stereocenters. The van der Waals surface area contributed by atoms with Gasteiger partial charge in [0.2, 0.25) is 5.75 Å². The van der Waals surface area contributed by atoms with Crippen LogP contribution in [0, 0.1) is 0 Å². The van der Waals surface area contributed by atoms with E-state index < -0.39 is 0 Å². The highest BCUT2D eigenvalue weighted by Gasteiger charge is 2.21. The van der Waals surface area contributed by atoms with Gasteiger partial charge in [-0.05, 0) is 31.2 Å². The number of rotatable bonds is 8. The van der Waals surface area contributed by atoms with Gasteiger partial charge < -0.3 is 29.0 Å². The Kier molecular flexibility index (Phi) is 6.07. The molecule has 0 aliphatic carbocycles. The van der Waals surface area contributed by atoms with E-state index in [4.69, 9.17) is 23.7 Å². The van der Waals surface area contributed by atoms with Crippen molar-refractivity contribution in [2.24, 2.45) is 0 Å². The molecule has 0 radical (unpaired) electrons. The molecule has 0 aromatic heterocycles. The largest absolute Gasteiger partial charge is 0.493 e.